The standard InChI is InChI=1S/C29H39FN4O/c1-21(2)16-33(20-29(35)22(3)4)19-27-26-18-32(17-23-10-12-24(30)13-11-23)15-14-28(26)34(31-27)25-8-6-5-7-9-25/h5-13,21-22,29,35H,14-20H2,1-4H3. The Morgan fingerprint density at radius 3 is 2.37 bits per heavy atom. The molecule has 188 valence electrons. The van der Waals surface area contributed by atoms with E-state index in [9.17, 15) is 9.50 Å². The molecular weight excluding hydrogens is 439 g/mol. The van der Waals surface area contributed by atoms with Gasteiger partial charge in [0.1, 0.15) is 5.82 Å². The van der Waals surface area contributed by atoms with Gasteiger partial charge < -0.3 is 5.11 Å². The van der Waals surface area contributed by atoms with Gasteiger partial charge in [0.15, 0.2) is 0 Å². The molecular formula is C29H39FN4O. The Labute approximate surface area is 209 Å². The molecule has 0 aliphatic carbocycles. The van der Waals surface area contributed by atoms with Crippen LogP contribution in [0.1, 0.15) is 50.2 Å². The van der Waals surface area contributed by atoms with Crippen molar-refractivity contribution in [2.45, 2.75) is 59.9 Å². The molecule has 1 aliphatic heterocycles. The fraction of sp³-hybridized carbons (Fsp3) is 0.483. The number of benzene rings is 2. The van der Waals surface area contributed by atoms with E-state index in [1.165, 1.54) is 23.4 Å². The number of fused-ring (bicyclic) bond motifs is 1. The first-order chi connectivity index (χ1) is 16.8. The van der Waals surface area contributed by atoms with Crippen LogP contribution in [0.5, 0.6) is 0 Å². The Bertz CT molecular complexity index is 1080. The van der Waals surface area contributed by atoms with Gasteiger partial charge in [-0.3, -0.25) is 9.80 Å². The number of rotatable bonds is 10. The lowest BCUT2D eigenvalue weighted by Crippen LogP contribution is -2.37. The quantitative estimate of drug-likeness (QED) is 0.443. The zero-order valence-electron chi connectivity index (χ0n) is 21.5. The van der Waals surface area contributed by atoms with E-state index >= 15 is 0 Å². The van der Waals surface area contributed by atoms with E-state index in [1.54, 1.807) is 0 Å². The SMILES string of the molecule is CC(C)CN(Cc1nn(-c2ccccc2)c2c1CN(Cc1ccc(F)cc1)CC2)CC(O)C(C)C. The highest BCUT2D eigenvalue weighted by Gasteiger charge is 2.27. The van der Waals surface area contributed by atoms with Crippen molar-refractivity contribution in [2.75, 3.05) is 19.6 Å². The zero-order valence-corrected chi connectivity index (χ0v) is 21.5. The van der Waals surface area contributed by atoms with Gasteiger partial charge in [-0.2, -0.15) is 5.10 Å². The highest BCUT2D eigenvalue weighted by Crippen LogP contribution is 2.28. The van der Waals surface area contributed by atoms with Gasteiger partial charge in [-0.05, 0) is 41.7 Å². The van der Waals surface area contributed by atoms with Crippen molar-refractivity contribution in [3.8, 4) is 5.69 Å². The van der Waals surface area contributed by atoms with Crippen LogP contribution in [0.15, 0.2) is 54.6 Å². The summed E-state index contributed by atoms with van der Waals surface area (Å²) in [5, 5.41) is 15.8. The number of hydrogen-bond donors (Lipinski definition) is 1. The van der Waals surface area contributed by atoms with Gasteiger partial charge >= 0.3 is 0 Å². The number of aromatic nitrogens is 2. The van der Waals surface area contributed by atoms with Crippen LogP contribution in [0, 0.1) is 17.7 Å². The van der Waals surface area contributed by atoms with Crippen LogP contribution in [0.3, 0.4) is 0 Å². The summed E-state index contributed by atoms with van der Waals surface area (Å²) in [5.74, 6) is 0.512. The van der Waals surface area contributed by atoms with Gasteiger partial charge in [0.25, 0.3) is 0 Å². The smallest absolute Gasteiger partial charge is 0.123 e. The summed E-state index contributed by atoms with van der Waals surface area (Å²) in [5.41, 5.74) is 5.85. The molecule has 5 nitrogen and oxygen atoms in total. The molecule has 0 saturated heterocycles. The van der Waals surface area contributed by atoms with Gasteiger partial charge in [0, 0.05) is 51.3 Å². The molecule has 3 aromatic rings. The number of aliphatic hydroxyl groups is 1. The lowest BCUT2D eigenvalue weighted by Gasteiger charge is -2.30. The van der Waals surface area contributed by atoms with E-state index < -0.39 is 0 Å². The maximum Gasteiger partial charge on any atom is 0.123 e. The van der Waals surface area contributed by atoms with Crippen LogP contribution >= 0.6 is 0 Å². The minimum atomic E-state index is -0.365. The third-order valence-corrected chi connectivity index (χ3v) is 6.75. The summed E-state index contributed by atoms with van der Waals surface area (Å²) >= 11 is 0. The second-order valence-corrected chi connectivity index (χ2v) is 10.6. The van der Waals surface area contributed by atoms with Gasteiger partial charge in [-0.1, -0.05) is 58.0 Å². The largest absolute Gasteiger partial charge is 0.392 e. The average Bonchev–Trinajstić information content (AvgIpc) is 3.18. The number of halogens is 1. The Hall–Kier alpha value is -2.54. The zero-order chi connectivity index (χ0) is 24.9. The maximum atomic E-state index is 13.4. The molecule has 0 radical (unpaired) electrons. The summed E-state index contributed by atoms with van der Waals surface area (Å²) < 4.78 is 15.5. The predicted molar refractivity (Wildman–Crippen MR) is 139 cm³/mol. The molecule has 0 fully saturated rings. The van der Waals surface area contributed by atoms with Crippen molar-refractivity contribution in [3.63, 3.8) is 0 Å². The Morgan fingerprint density at radius 1 is 1.00 bits per heavy atom. The van der Waals surface area contributed by atoms with E-state index in [0.717, 1.165) is 49.5 Å². The Kier molecular flexibility index (Phi) is 8.37. The Morgan fingerprint density at radius 2 is 1.71 bits per heavy atom. The molecule has 0 amide bonds. The van der Waals surface area contributed by atoms with Crippen LogP contribution in [0.25, 0.3) is 5.69 Å². The number of aliphatic hydroxyl groups excluding tert-OH is 1. The molecule has 1 aromatic heterocycles. The second kappa shape index (κ2) is 11.5. The van der Waals surface area contributed by atoms with Crippen molar-refractivity contribution < 1.29 is 9.50 Å². The van der Waals surface area contributed by atoms with Crippen molar-refractivity contribution in [1.82, 2.24) is 19.6 Å². The molecule has 0 saturated carbocycles. The third kappa shape index (κ3) is 6.57. The van der Waals surface area contributed by atoms with Crippen molar-refractivity contribution in [3.05, 3.63) is 82.9 Å². The molecule has 1 N–H and O–H groups in total. The summed E-state index contributed by atoms with van der Waals surface area (Å²) in [6.07, 6.45) is 0.549. The fourth-order valence-corrected chi connectivity index (χ4v) is 4.84. The van der Waals surface area contributed by atoms with Crippen LogP contribution in [0.2, 0.25) is 0 Å². The summed E-state index contributed by atoms with van der Waals surface area (Å²) in [6, 6.07) is 17.2. The number of para-hydroxylation sites is 1. The molecule has 1 unspecified atom stereocenters. The molecule has 1 atom stereocenters. The number of nitrogens with zero attached hydrogens (tertiary/aromatic N) is 4. The van der Waals surface area contributed by atoms with E-state index in [4.69, 9.17) is 5.10 Å². The van der Waals surface area contributed by atoms with Gasteiger partial charge in [0.2, 0.25) is 0 Å². The summed E-state index contributed by atoms with van der Waals surface area (Å²) in [7, 11) is 0. The van der Waals surface area contributed by atoms with Gasteiger partial charge in [0.05, 0.1) is 23.2 Å². The Balaban J connectivity index is 1.63. The van der Waals surface area contributed by atoms with E-state index in [0.29, 0.717) is 19.0 Å². The average molecular weight is 479 g/mol. The highest BCUT2D eigenvalue weighted by atomic mass is 19.1. The first kappa shape index (κ1) is 25.5. The first-order valence-corrected chi connectivity index (χ1v) is 12.8. The van der Waals surface area contributed by atoms with Crippen LogP contribution in [-0.2, 0) is 26.1 Å². The lowest BCUT2D eigenvalue weighted by molar-refractivity contribution is 0.0674. The molecule has 35 heavy (non-hydrogen) atoms. The van der Waals surface area contributed by atoms with Crippen LogP contribution in [0.4, 0.5) is 4.39 Å². The molecule has 2 aromatic carbocycles. The summed E-state index contributed by atoms with van der Waals surface area (Å²) in [6.45, 7) is 13.4. The first-order valence-electron chi connectivity index (χ1n) is 12.8. The van der Waals surface area contributed by atoms with Crippen LogP contribution < -0.4 is 0 Å². The lowest BCUT2D eigenvalue weighted by atomic mass is 10.0. The molecule has 6 heteroatoms. The molecule has 2 heterocycles. The molecule has 4 rings (SSSR count). The third-order valence-electron chi connectivity index (χ3n) is 6.75. The van der Waals surface area contributed by atoms with Crippen molar-refractivity contribution >= 4 is 0 Å². The predicted octanol–water partition coefficient (Wildman–Crippen LogP) is 5.04. The van der Waals surface area contributed by atoms with Crippen molar-refractivity contribution in [1.29, 1.82) is 0 Å². The van der Waals surface area contributed by atoms with Crippen molar-refractivity contribution in [2.24, 2.45) is 11.8 Å². The molecule has 0 spiro atoms. The minimum absolute atomic E-state index is 0.199. The maximum absolute atomic E-state index is 13.4. The van der Waals surface area contributed by atoms with E-state index in [-0.39, 0.29) is 17.8 Å². The molecule has 1 aliphatic rings. The second-order valence-electron chi connectivity index (χ2n) is 10.6. The van der Waals surface area contributed by atoms with E-state index in [1.807, 2.05) is 18.2 Å². The number of hydrogen-bond acceptors (Lipinski definition) is 4. The molecule has 0 bridgehead atoms. The topological polar surface area (TPSA) is 44.5 Å². The minimum Gasteiger partial charge on any atom is -0.392 e. The van der Waals surface area contributed by atoms with Gasteiger partial charge in [-0.15, -0.1) is 0 Å². The summed E-state index contributed by atoms with van der Waals surface area (Å²) in [4.78, 5) is 4.78. The van der Waals surface area contributed by atoms with E-state index in [2.05, 4.69) is 66.4 Å². The highest BCUT2D eigenvalue weighted by molar-refractivity contribution is 5.39. The normalized spacial score (nSPS) is 15.2. The monoisotopic (exact) mass is 478 g/mol. The fourth-order valence-electron chi connectivity index (χ4n) is 4.84. The van der Waals surface area contributed by atoms with Crippen LogP contribution in [-0.4, -0.2) is 50.4 Å². The van der Waals surface area contributed by atoms with Gasteiger partial charge in [-0.25, -0.2) is 9.07 Å².